The summed E-state index contributed by atoms with van der Waals surface area (Å²) in [6.45, 7) is 2.19. The molecule has 2 aromatic rings. The third-order valence-electron chi connectivity index (χ3n) is 2.60. The summed E-state index contributed by atoms with van der Waals surface area (Å²) in [5.74, 6) is 1.18. The molecule has 17 heavy (non-hydrogen) atoms. The fourth-order valence-corrected chi connectivity index (χ4v) is 2.50. The van der Waals surface area contributed by atoms with Gasteiger partial charge in [-0.15, -0.1) is 10.2 Å². The molecule has 1 aliphatic rings. The number of ether oxygens (including phenoxy) is 1. The number of nitrogens with zero attached hydrogens (tertiary/aromatic N) is 4. The number of aromatic nitrogens is 4. The first kappa shape index (κ1) is 10.6. The van der Waals surface area contributed by atoms with Crippen molar-refractivity contribution in [3.05, 3.63) is 10.8 Å². The summed E-state index contributed by atoms with van der Waals surface area (Å²) < 4.78 is 6.65. The lowest BCUT2D eigenvalue weighted by Crippen LogP contribution is -2.07. The van der Waals surface area contributed by atoms with E-state index in [1.165, 1.54) is 11.3 Å². The largest absolute Gasteiger partial charge is 0.466 e. The monoisotopic (exact) mass is 252 g/mol. The molecule has 0 atom stereocenters. The number of carbonyl (C=O) groups is 1. The molecule has 0 bridgehead atoms. The van der Waals surface area contributed by atoms with E-state index in [2.05, 4.69) is 15.3 Å². The summed E-state index contributed by atoms with van der Waals surface area (Å²) in [5.41, 5.74) is 0. The third kappa shape index (κ3) is 2.02. The van der Waals surface area contributed by atoms with Gasteiger partial charge in [0, 0.05) is 5.92 Å². The molecule has 6 nitrogen and oxygen atoms in total. The van der Waals surface area contributed by atoms with E-state index < -0.39 is 0 Å². The van der Waals surface area contributed by atoms with E-state index >= 15 is 0 Å². The molecule has 2 aromatic heterocycles. The summed E-state index contributed by atoms with van der Waals surface area (Å²) >= 11 is 1.39. The van der Waals surface area contributed by atoms with Crippen LogP contribution in [-0.4, -0.2) is 32.4 Å². The third-order valence-corrected chi connectivity index (χ3v) is 3.50. The van der Waals surface area contributed by atoms with Crippen LogP contribution >= 0.6 is 11.3 Å². The fraction of sp³-hybridized carbons (Fsp3) is 0.600. The Bertz CT molecular complexity index is 558. The Kier molecular flexibility index (Phi) is 2.54. The van der Waals surface area contributed by atoms with Crippen LogP contribution in [0.25, 0.3) is 4.96 Å². The first-order valence-electron chi connectivity index (χ1n) is 5.64. The van der Waals surface area contributed by atoms with Gasteiger partial charge >= 0.3 is 5.97 Å². The highest BCUT2D eigenvalue weighted by molar-refractivity contribution is 7.16. The number of rotatable bonds is 4. The van der Waals surface area contributed by atoms with Gasteiger partial charge in [0.25, 0.3) is 0 Å². The highest BCUT2D eigenvalue weighted by atomic mass is 32.1. The number of hydrogen-bond donors (Lipinski definition) is 0. The van der Waals surface area contributed by atoms with E-state index in [1.807, 2.05) is 0 Å². The molecule has 0 radical (unpaired) electrons. The van der Waals surface area contributed by atoms with Gasteiger partial charge in [0.1, 0.15) is 5.01 Å². The molecule has 0 saturated heterocycles. The average Bonchev–Trinajstić information content (AvgIpc) is 2.92. The van der Waals surface area contributed by atoms with Gasteiger partial charge in [-0.2, -0.15) is 9.61 Å². The lowest BCUT2D eigenvalue weighted by molar-refractivity contribution is -0.142. The molecule has 0 N–H and O–H groups in total. The van der Waals surface area contributed by atoms with Crippen molar-refractivity contribution in [3.63, 3.8) is 0 Å². The molecule has 1 aliphatic carbocycles. The molecule has 0 aliphatic heterocycles. The Morgan fingerprint density at radius 1 is 1.53 bits per heavy atom. The van der Waals surface area contributed by atoms with Crippen LogP contribution in [0.5, 0.6) is 0 Å². The first-order valence-corrected chi connectivity index (χ1v) is 6.46. The summed E-state index contributed by atoms with van der Waals surface area (Å²) in [5, 5.41) is 13.3. The van der Waals surface area contributed by atoms with Crippen molar-refractivity contribution in [2.45, 2.75) is 32.1 Å². The maximum atomic E-state index is 11.3. The van der Waals surface area contributed by atoms with E-state index in [9.17, 15) is 4.79 Å². The zero-order valence-corrected chi connectivity index (χ0v) is 10.2. The molecule has 0 aromatic carbocycles. The van der Waals surface area contributed by atoms with Gasteiger partial charge in [0.2, 0.25) is 4.96 Å². The molecule has 3 rings (SSSR count). The minimum absolute atomic E-state index is 0.214. The van der Waals surface area contributed by atoms with Crippen LogP contribution in [0.3, 0.4) is 0 Å². The van der Waals surface area contributed by atoms with Gasteiger partial charge in [-0.25, -0.2) is 0 Å². The summed E-state index contributed by atoms with van der Waals surface area (Å²) in [7, 11) is 0. The van der Waals surface area contributed by atoms with Crippen molar-refractivity contribution in [3.8, 4) is 0 Å². The molecule has 0 unspecified atom stereocenters. The molecule has 90 valence electrons. The average molecular weight is 252 g/mol. The first-order chi connectivity index (χ1) is 8.28. The molecular weight excluding hydrogens is 240 g/mol. The quantitative estimate of drug-likeness (QED) is 0.764. The second kappa shape index (κ2) is 4.06. The molecule has 1 fully saturated rings. The fourth-order valence-electron chi connectivity index (χ4n) is 1.67. The normalized spacial score (nSPS) is 15.4. The molecular formula is C10H12N4O2S. The van der Waals surface area contributed by atoms with Crippen molar-refractivity contribution in [1.29, 1.82) is 0 Å². The smallest absolute Gasteiger partial charge is 0.312 e. The lowest BCUT2D eigenvalue weighted by atomic mass is 10.4. The number of fused-ring (bicyclic) bond motifs is 1. The van der Waals surface area contributed by atoms with Crippen molar-refractivity contribution in [2.24, 2.45) is 0 Å². The Labute approximate surface area is 102 Å². The number of carbonyl (C=O) groups excluding carboxylic acids is 1. The Morgan fingerprint density at radius 3 is 3.06 bits per heavy atom. The van der Waals surface area contributed by atoms with Gasteiger partial charge < -0.3 is 4.74 Å². The highest BCUT2D eigenvalue weighted by Crippen LogP contribution is 2.39. The molecule has 1 saturated carbocycles. The maximum absolute atomic E-state index is 11.3. The van der Waals surface area contributed by atoms with Crippen LogP contribution in [-0.2, 0) is 16.0 Å². The minimum Gasteiger partial charge on any atom is -0.466 e. The van der Waals surface area contributed by atoms with E-state index in [1.54, 1.807) is 11.4 Å². The Morgan fingerprint density at radius 2 is 2.35 bits per heavy atom. The van der Waals surface area contributed by atoms with Crippen LogP contribution in [0.15, 0.2) is 0 Å². The van der Waals surface area contributed by atoms with Crippen LogP contribution in [0, 0.1) is 0 Å². The highest BCUT2D eigenvalue weighted by Gasteiger charge is 2.30. The van der Waals surface area contributed by atoms with Gasteiger partial charge in [0.05, 0.1) is 13.0 Å². The minimum atomic E-state index is -0.245. The van der Waals surface area contributed by atoms with Gasteiger partial charge in [-0.05, 0) is 19.8 Å². The van der Waals surface area contributed by atoms with E-state index in [-0.39, 0.29) is 12.4 Å². The summed E-state index contributed by atoms with van der Waals surface area (Å²) in [6, 6.07) is 0. The van der Waals surface area contributed by atoms with Crippen molar-refractivity contribution >= 4 is 22.3 Å². The van der Waals surface area contributed by atoms with Crippen LogP contribution in [0.2, 0.25) is 0 Å². The molecule has 2 heterocycles. The van der Waals surface area contributed by atoms with E-state index in [0.717, 1.165) is 28.6 Å². The molecule has 0 amide bonds. The molecule has 7 heteroatoms. The second-order valence-corrected chi connectivity index (χ2v) is 5.04. The van der Waals surface area contributed by atoms with Crippen molar-refractivity contribution < 1.29 is 9.53 Å². The standard InChI is InChI=1S/C10H12N4O2S/c1-2-16-8(15)5-7-13-14-9(6-3-4-6)11-12-10(14)17-7/h6H,2-5H2,1H3. The maximum Gasteiger partial charge on any atom is 0.312 e. The predicted molar refractivity (Wildman–Crippen MR) is 61.0 cm³/mol. The zero-order chi connectivity index (χ0) is 11.8. The van der Waals surface area contributed by atoms with E-state index in [0.29, 0.717) is 12.5 Å². The van der Waals surface area contributed by atoms with Crippen LogP contribution < -0.4 is 0 Å². The van der Waals surface area contributed by atoms with Gasteiger partial charge in [0.15, 0.2) is 5.82 Å². The molecule has 0 spiro atoms. The van der Waals surface area contributed by atoms with Gasteiger partial charge in [-0.3, -0.25) is 4.79 Å². The Balaban J connectivity index is 1.84. The van der Waals surface area contributed by atoms with Crippen molar-refractivity contribution in [2.75, 3.05) is 6.61 Å². The number of esters is 1. The topological polar surface area (TPSA) is 69.4 Å². The summed E-state index contributed by atoms with van der Waals surface area (Å²) in [4.78, 5) is 12.1. The lowest BCUT2D eigenvalue weighted by Gasteiger charge is -1.97. The number of hydrogen-bond acceptors (Lipinski definition) is 6. The zero-order valence-electron chi connectivity index (χ0n) is 9.42. The summed E-state index contributed by atoms with van der Waals surface area (Å²) in [6.07, 6.45) is 2.53. The second-order valence-electron chi connectivity index (χ2n) is 4.00. The van der Waals surface area contributed by atoms with Crippen LogP contribution in [0.4, 0.5) is 0 Å². The van der Waals surface area contributed by atoms with Crippen LogP contribution in [0.1, 0.15) is 36.5 Å². The SMILES string of the molecule is CCOC(=O)Cc1nn2c(C3CC3)nnc2s1. The predicted octanol–water partition coefficient (Wildman–Crippen LogP) is 1.17. The van der Waals surface area contributed by atoms with E-state index in [4.69, 9.17) is 4.74 Å². The Hall–Kier alpha value is -1.50. The van der Waals surface area contributed by atoms with Gasteiger partial charge in [-0.1, -0.05) is 11.3 Å². The van der Waals surface area contributed by atoms with Crippen molar-refractivity contribution in [1.82, 2.24) is 19.8 Å².